The topological polar surface area (TPSA) is 47.1 Å². The summed E-state index contributed by atoms with van der Waals surface area (Å²) >= 11 is 0. The molecule has 2 N–H and O–H groups in total. The lowest BCUT2D eigenvalue weighted by molar-refractivity contribution is 0.0504. The lowest BCUT2D eigenvalue weighted by atomic mass is 9.73. The molecule has 2 atom stereocenters. The van der Waals surface area contributed by atoms with Gasteiger partial charge < -0.3 is 5.73 Å². The second-order valence-corrected chi connectivity index (χ2v) is 6.18. The number of hydrogen-bond acceptors (Lipinski definition) is 3. The molecule has 108 valence electrons. The van der Waals surface area contributed by atoms with Crippen LogP contribution in [0.1, 0.15) is 44.6 Å². The maximum absolute atomic E-state index is 6.15. The normalized spacial score (nSPS) is 27.9. The SMILES string of the molecule is CCC1CCCC(CN)(N(C)Cc2cnn(C)c2)C1. The molecule has 4 heteroatoms. The molecular weight excluding hydrogens is 236 g/mol. The van der Waals surface area contributed by atoms with E-state index in [1.54, 1.807) is 0 Å². The minimum Gasteiger partial charge on any atom is -0.329 e. The van der Waals surface area contributed by atoms with Crippen LogP contribution in [-0.2, 0) is 13.6 Å². The minimum atomic E-state index is 0.189. The smallest absolute Gasteiger partial charge is 0.0534 e. The van der Waals surface area contributed by atoms with Gasteiger partial charge in [0.2, 0.25) is 0 Å². The van der Waals surface area contributed by atoms with Crippen molar-refractivity contribution >= 4 is 0 Å². The number of aryl methyl sites for hydroxylation is 1. The minimum absolute atomic E-state index is 0.189. The van der Waals surface area contributed by atoms with Gasteiger partial charge in [0, 0.05) is 37.4 Å². The van der Waals surface area contributed by atoms with Crippen LogP contribution in [0.15, 0.2) is 12.4 Å². The molecule has 0 radical (unpaired) electrons. The van der Waals surface area contributed by atoms with Gasteiger partial charge in [-0.1, -0.05) is 26.2 Å². The fraction of sp³-hybridized carbons (Fsp3) is 0.800. The first kappa shape index (κ1) is 14.5. The van der Waals surface area contributed by atoms with E-state index in [0.29, 0.717) is 0 Å². The first-order chi connectivity index (χ1) is 9.09. The van der Waals surface area contributed by atoms with Crippen LogP contribution >= 0.6 is 0 Å². The molecule has 1 heterocycles. The molecule has 0 bridgehead atoms. The monoisotopic (exact) mass is 264 g/mol. The molecule has 1 aromatic heterocycles. The van der Waals surface area contributed by atoms with Crippen LogP contribution < -0.4 is 5.73 Å². The molecule has 0 aromatic carbocycles. The van der Waals surface area contributed by atoms with Gasteiger partial charge in [-0.05, 0) is 25.8 Å². The molecule has 0 saturated heterocycles. The predicted molar refractivity (Wildman–Crippen MR) is 78.7 cm³/mol. The van der Waals surface area contributed by atoms with Gasteiger partial charge in [-0.25, -0.2) is 0 Å². The van der Waals surface area contributed by atoms with E-state index in [0.717, 1.165) is 19.0 Å². The summed E-state index contributed by atoms with van der Waals surface area (Å²) in [6, 6.07) is 0. The van der Waals surface area contributed by atoms with Crippen molar-refractivity contribution in [1.29, 1.82) is 0 Å². The summed E-state index contributed by atoms with van der Waals surface area (Å²) in [5.74, 6) is 0.841. The first-order valence-electron chi connectivity index (χ1n) is 7.48. The molecule has 4 nitrogen and oxygen atoms in total. The Kier molecular flexibility index (Phi) is 4.63. The van der Waals surface area contributed by atoms with Crippen LogP contribution in [0.4, 0.5) is 0 Å². The number of aromatic nitrogens is 2. The quantitative estimate of drug-likeness (QED) is 0.886. The Bertz CT molecular complexity index is 401. The van der Waals surface area contributed by atoms with Crippen molar-refractivity contribution in [2.24, 2.45) is 18.7 Å². The Morgan fingerprint density at radius 3 is 2.95 bits per heavy atom. The van der Waals surface area contributed by atoms with Crippen molar-refractivity contribution in [1.82, 2.24) is 14.7 Å². The Hall–Kier alpha value is -0.870. The predicted octanol–water partition coefficient (Wildman–Crippen LogP) is 2.15. The Morgan fingerprint density at radius 2 is 2.37 bits per heavy atom. The molecule has 2 unspecified atom stereocenters. The van der Waals surface area contributed by atoms with Gasteiger partial charge in [0.05, 0.1) is 6.20 Å². The average Bonchev–Trinajstić information content (AvgIpc) is 2.84. The van der Waals surface area contributed by atoms with Gasteiger partial charge in [-0.3, -0.25) is 9.58 Å². The van der Waals surface area contributed by atoms with Crippen molar-refractivity contribution in [2.45, 2.75) is 51.1 Å². The van der Waals surface area contributed by atoms with Crippen LogP contribution in [-0.4, -0.2) is 33.8 Å². The molecule has 1 aliphatic carbocycles. The zero-order valence-electron chi connectivity index (χ0n) is 12.6. The van der Waals surface area contributed by atoms with Gasteiger partial charge in [-0.15, -0.1) is 0 Å². The molecular formula is C15H28N4. The third-order valence-electron chi connectivity index (χ3n) is 4.87. The molecule has 1 aromatic rings. The molecule has 0 aliphatic heterocycles. The maximum atomic E-state index is 6.15. The van der Waals surface area contributed by atoms with Gasteiger partial charge >= 0.3 is 0 Å². The molecule has 2 rings (SSSR count). The highest BCUT2D eigenvalue weighted by Gasteiger charge is 2.38. The average molecular weight is 264 g/mol. The number of likely N-dealkylation sites (N-methyl/N-ethyl adjacent to an activating group) is 1. The molecule has 1 fully saturated rings. The summed E-state index contributed by atoms with van der Waals surface area (Å²) in [5.41, 5.74) is 7.62. The zero-order valence-corrected chi connectivity index (χ0v) is 12.6. The summed E-state index contributed by atoms with van der Waals surface area (Å²) in [7, 11) is 4.19. The second kappa shape index (κ2) is 6.06. The molecule has 0 spiro atoms. The van der Waals surface area contributed by atoms with Crippen LogP contribution in [0.5, 0.6) is 0 Å². The van der Waals surface area contributed by atoms with Crippen molar-refractivity contribution in [3.63, 3.8) is 0 Å². The number of hydrogen-bond donors (Lipinski definition) is 1. The third-order valence-corrected chi connectivity index (χ3v) is 4.87. The number of nitrogens with zero attached hydrogens (tertiary/aromatic N) is 3. The van der Waals surface area contributed by atoms with E-state index in [1.165, 1.54) is 37.7 Å². The van der Waals surface area contributed by atoms with Crippen molar-refractivity contribution < 1.29 is 0 Å². The Balaban J connectivity index is 2.07. The van der Waals surface area contributed by atoms with Crippen LogP contribution in [0.2, 0.25) is 0 Å². The fourth-order valence-corrected chi connectivity index (χ4v) is 3.49. The van der Waals surface area contributed by atoms with E-state index in [1.807, 2.05) is 17.9 Å². The highest BCUT2D eigenvalue weighted by atomic mass is 15.2. The van der Waals surface area contributed by atoms with Crippen LogP contribution in [0.3, 0.4) is 0 Å². The van der Waals surface area contributed by atoms with Crippen molar-refractivity contribution in [3.8, 4) is 0 Å². The number of rotatable bonds is 5. The molecule has 1 aliphatic rings. The summed E-state index contributed by atoms with van der Waals surface area (Å²) in [4.78, 5) is 2.46. The van der Waals surface area contributed by atoms with E-state index in [4.69, 9.17) is 5.73 Å². The highest BCUT2D eigenvalue weighted by molar-refractivity contribution is 5.06. The van der Waals surface area contributed by atoms with Gasteiger partial charge in [0.1, 0.15) is 0 Å². The Morgan fingerprint density at radius 1 is 1.58 bits per heavy atom. The van der Waals surface area contributed by atoms with Gasteiger partial charge in [-0.2, -0.15) is 5.10 Å². The molecule has 0 amide bonds. The number of nitrogens with two attached hydrogens (primary N) is 1. The molecule has 19 heavy (non-hydrogen) atoms. The van der Waals surface area contributed by atoms with Crippen LogP contribution in [0.25, 0.3) is 0 Å². The Labute approximate surface area is 117 Å². The van der Waals surface area contributed by atoms with E-state index >= 15 is 0 Å². The maximum Gasteiger partial charge on any atom is 0.0534 e. The van der Waals surface area contributed by atoms with E-state index in [9.17, 15) is 0 Å². The summed E-state index contributed by atoms with van der Waals surface area (Å²) < 4.78 is 1.87. The van der Waals surface area contributed by atoms with Gasteiger partial charge in [0.25, 0.3) is 0 Å². The zero-order chi connectivity index (χ0) is 13.9. The van der Waals surface area contributed by atoms with E-state index in [2.05, 4.69) is 30.2 Å². The lowest BCUT2D eigenvalue weighted by Crippen LogP contribution is -2.54. The third kappa shape index (κ3) is 3.18. The van der Waals surface area contributed by atoms with Crippen molar-refractivity contribution in [2.75, 3.05) is 13.6 Å². The fourth-order valence-electron chi connectivity index (χ4n) is 3.49. The first-order valence-corrected chi connectivity index (χ1v) is 7.48. The van der Waals surface area contributed by atoms with Crippen molar-refractivity contribution in [3.05, 3.63) is 18.0 Å². The van der Waals surface area contributed by atoms with Crippen LogP contribution in [0, 0.1) is 5.92 Å². The summed E-state index contributed by atoms with van der Waals surface area (Å²) in [5, 5.41) is 4.25. The highest BCUT2D eigenvalue weighted by Crippen LogP contribution is 2.37. The lowest BCUT2D eigenvalue weighted by Gasteiger charge is -2.46. The summed E-state index contributed by atoms with van der Waals surface area (Å²) in [6.45, 7) is 4.01. The van der Waals surface area contributed by atoms with E-state index < -0.39 is 0 Å². The second-order valence-electron chi connectivity index (χ2n) is 6.18. The van der Waals surface area contributed by atoms with Gasteiger partial charge in [0.15, 0.2) is 0 Å². The van der Waals surface area contributed by atoms with E-state index in [-0.39, 0.29) is 5.54 Å². The standard InChI is InChI=1S/C15H28N4/c1-4-13-6-5-7-15(8-13,12-16)18(2)10-14-9-17-19(3)11-14/h9,11,13H,4-8,10,12,16H2,1-3H3. The largest absolute Gasteiger partial charge is 0.329 e. The summed E-state index contributed by atoms with van der Waals surface area (Å²) in [6.07, 6.45) is 10.5. The molecule has 1 saturated carbocycles.